The summed E-state index contributed by atoms with van der Waals surface area (Å²) < 4.78 is 46.1. The van der Waals surface area contributed by atoms with E-state index in [1.807, 2.05) is 120 Å². The largest absolute Gasteiger partial charge is 0.492 e. The van der Waals surface area contributed by atoms with E-state index >= 15 is 0 Å². The van der Waals surface area contributed by atoms with Gasteiger partial charge in [-0.1, -0.05) is 215 Å². The highest BCUT2D eigenvalue weighted by atomic mass is 35.5. The summed E-state index contributed by atoms with van der Waals surface area (Å²) in [6, 6.07) is 76.3. The van der Waals surface area contributed by atoms with Gasteiger partial charge in [0.25, 0.3) is 10.1 Å². The molecule has 3 amide bonds. The Labute approximate surface area is 797 Å². The fraction of sp³-hybridized carbons (Fsp3) is 0.250. The number of likely N-dealkylation sites (tertiary alicyclic amines) is 1. The molecule has 2 aliphatic heterocycles. The van der Waals surface area contributed by atoms with Gasteiger partial charge in [-0.15, -0.1) is 10.2 Å². The summed E-state index contributed by atoms with van der Waals surface area (Å²) in [4.78, 5) is 87.4. The number of nitrogens with zero attached hydrogens (tertiary/aromatic N) is 10. The van der Waals surface area contributed by atoms with Crippen LogP contribution in [0.4, 0.5) is 0 Å². The van der Waals surface area contributed by atoms with Gasteiger partial charge in [0.15, 0.2) is 22.4 Å². The van der Waals surface area contributed by atoms with Crippen molar-refractivity contribution >= 4 is 104 Å². The molecule has 1 fully saturated rings. The molecule has 0 radical (unpaired) electrons. The van der Waals surface area contributed by atoms with Crippen LogP contribution in [0.1, 0.15) is 120 Å². The molecule has 135 heavy (non-hydrogen) atoms. The van der Waals surface area contributed by atoms with Crippen molar-refractivity contribution in [2.75, 3.05) is 64.4 Å². The number of nitrogens with one attached hydrogen (secondary N) is 4. The number of halogens is 1. The van der Waals surface area contributed by atoms with Crippen molar-refractivity contribution in [3.63, 3.8) is 0 Å². The number of aliphatic hydroxyl groups is 1. The Bertz CT molecular complexity index is 6470. The first-order chi connectivity index (χ1) is 65.1. The smallest absolute Gasteiger partial charge is 0.327 e. The molecule has 35 heteroatoms. The highest BCUT2D eigenvalue weighted by molar-refractivity contribution is 7.85. The Kier molecular flexibility index (Phi) is 37.4. The number of allylic oxidation sites excluding steroid dienone is 1. The van der Waals surface area contributed by atoms with E-state index in [1.165, 1.54) is 39.7 Å². The maximum Gasteiger partial charge on any atom is 0.327 e. The fourth-order valence-electron chi connectivity index (χ4n) is 14.9. The third-order valence-corrected chi connectivity index (χ3v) is 23.6. The number of primary amides is 1. The first-order valence-electron chi connectivity index (χ1n) is 43.5. The minimum absolute atomic E-state index is 0.0289. The van der Waals surface area contributed by atoms with E-state index in [-0.39, 0.29) is 55.0 Å². The van der Waals surface area contributed by atoms with Gasteiger partial charge in [-0.3, -0.25) is 33.8 Å². The number of benzene rings is 9. The van der Waals surface area contributed by atoms with Gasteiger partial charge in [-0.25, -0.2) is 19.6 Å². The van der Waals surface area contributed by atoms with Gasteiger partial charge in [0.1, 0.15) is 41.8 Å². The second-order valence-corrected chi connectivity index (χ2v) is 34.0. The molecule has 1 aliphatic carbocycles. The fourth-order valence-corrected chi connectivity index (χ4v) is 15.8. The maximum absolute atomic E-state index is 12.4. The number of hydrogen-bond donors (Lipinski definition) is 12. The zero-order valence-electron chi connectivity index (χ0n) is 75.2. The number of aromatic nitrogens is 11. The minimum Gasteiger partial charge on any atom is -0.492 e. The number of amides is 3. The average Bonchev–Trinajstić information content (AvgIpc) is 1.68. The Balaban J connectivity index is 0.000000158. The van der Waals surface area contributed by atoms with Crippen LogP contribution in [0.25, 0.3) is 89.9 Å². The number of aromatic amines is 3. The summed E-state index contributed by atoms with van der Waals surface area (Å²) in [5.41, 5.74) is 29.9. The van der Waals surface area contributed by atoms with Crippen LogP contribution >= 0.6 is 36.9 Å². The molecule has 5 aromatic heterocycles. The highest BCUT2D eigenvalue weighted by Gasteiger charge is 2.36. The molecular formula is C100H107ClN16O15S3. The number of ketones is 1. The quantitative estimate of drug-likeness (QED) is 0.0123. The number of unbranched alkanes of at least 4 members (excludes halogenated alkanes) is 1. The molecule has 14 aromatic rings. The molecular weight excluding hydrogens is 1800 g/mol. The number of tetrazole rings is 1. The molecule has 3 atom stereocenters. The lowest BCUT2D eigenvalue weighted by atomic mass is 9.87. The van der Waals surface area contributed by atoms with Gasteiger partial charge in [0, 0.05) is 107 Å². The van der Waals surface area contributed by atoms with Crippen LogP contribution in [0.5, 0.6) is 17.2 Å². The summed E-state index contributed by atoms with van der Waals surface area (Å²) in [7, 11) is 0.310. The normalized spacial score (nSPS) is 13.1. The number of hydrogen-bond acceptors (Lipinski definition) is 23. The van der Waals surface area contributed by atoms with E-state index in [9.17, 15) is 42.3 Å². The predicted molar refractivity (Wildman–Crippen MR) is 528 cm³/mol. The number of aliphatic carboxylic acids is 2. The number of carbonyl (C=O) groups is 6. The van der Waals surface area contributed by atoms with Crippen molar-refractivity contribution in [2.45, 2.75) is 91.5 Å². The molecule has 12 N–H and O–H groups in total. The molecule has 7 heterocycles. The van der Waals surface area contributed by atoms with E-state index in [0.717, 1.165) is 134 Å². The number of likely N-dealkylation sites (N-methyl/N-ethyl adjacent to an activating group) is 1. The van der Waals surface area contributed by atoms with Crippen molar-refractivity contribution in [1.29, 1.82) is 0 Å². The predicted octanol–water partition coefficient (Wildman–Crippen LogP) is 15.6. The van der Waals surface area contributed by atoms with Crippen molar-refractivity contribution in [3.8, 4) is 85.1 Å². The Morgan fingerprint density at radius 3 is 1.93 bits per heavy atom. The molecule has 0 saturated carbocycles. The van der Waals surface area contributed by atoms with E-state index in [4.69, 9.17) is 57.0 Å². The third kappa shape index (κ3) is 27.4. The van der Waals surface area contributed by atoms with Crippen LogP contribution in [0.2, 0.25) is 5.15 Å². The molecule has 17 rings (SSSR count). The van der Waals surface area contributed by atoms with Crippen LogP contribution in [-0.4, -0.2) is 205 Å². The van der Waals surface area contributed by atoms with Crippen molar-refractivity contribution in [2.24, 2.45) is 17.4 Å². The van der Waals surface area contributed by atoms with Crippen LogP contribution in [0.3, 0.4) is 0 Å². The molecule has 0 unspecified atom stereocenters. The Morgan fingerprint density at radius 2 is 1.34 bits per heavy atom. The van der Waals surface area contributed by atoms with Crippen molar-refractivity contribution in [3.05, 3.63) is 298 Å². The number of aryl methyl sites for hydroxylation is 1. The van der Waals surface area contributed by atoms with Gasteiger partial charge in [-0.05, 0) is 150 Å². The second kappa shape index (κ2) is 49.7. The zero-order chi connectivity index (χ0) is 96.7. The van der Waals surface area contributed by atoms with Gasteiger partial charge in [0.2, 0.25) is 30.3 Å². The van der Waals surface area contributed by atoms with E-state index in [2.05, 4.69) is 218 Å². The number of nitrogens with two attached hydrogens (primary N) is 2. The van der Waals surface area contributed by atoms with Crippen molar-refractivity contribution < 1.29 is 71.3 Å². The molecule has 31 nitrogen and oxygen atoms in total. The lowest BCUT2D eigenvalue weighted by Crippen LogP contribution is -2.43. The summed E-state index contributed by atoms with van der Waals surface area (Å²) >= 11 is 14.0. The molecule has 9 aromatic carbocycles. The highest BCUT2D eigenvalue weighted by Crippen LogP contribution is 2.42. The van der Waals surface area contributed by atoms with E-state index < -0.39 is 40.0 Å². The van der Waals surface area contributed by atoms with Crippen molar-refractivity contribution in [1.82, 2.24) is 70.4 Å². The molecule has 3 aliphatic rings. The number of carboxylic acids is 2. The number of H-pyrrole nitrogens is 3. The number of aliphatic hydroxyl groups excluding tert-OH is 1. The summed E-state index contributed by atoms with van der Waals surface area (Å²) in [6.45, 7) is 10.2. The molecule has 0 bridgehead atoms. The number of rotatable bonds is 28. The van der Waals surface area contributed by atoms with E-state index in [1.54, 1.807) is 25.3 Å². The summed E-state index contributed by atoms with van der Waals surface area (Å²) in [5.74, 6) is 1.67. The number of imidazole rings is 2. The standard InChI is InChI=1S/C26H29NO.C22H23ClN6O.C22H16N4O3.C14H8N2O.C9H15NO3S.C5H9NO3S.C2H7NO3S/c1-4-25(21-11-7-5-8-12-21)26(22-13-9-6-10-14-22)23-15-17-24(18-16-23)28-20-19-27(2)3;1-2-3-8-20-24-21(23)19(14-30)29(20)13-15-9-11-16(12-10-15)17-6-4-5-7-18(17)22-25-27-28-26-22;23-21(27)13-4-6-14(7-5-13)22-25-19(20(26-22)16-3-1-2-10-24-16)15-8-9-17-18(11-15)29-12-28-17;17-14-9-5-2-1-4-8(9)13-12-10(14)6-3-7-11(12)15-16-13;1-6(5-14)8(11)10-4-2-3-7(10)9(12)13;1-3(7)6-4(2-10)5(8)9;3-1-2-7(4,5)6/h5-18H,4,19-20H2,1-3H3;4-7,9-12,30H,2-3,8,13-14H2,1H3,(H,25,26,27,28);1-11H,12H2,(H2,23,27)(H,25,26);1-7H,(H,15,16);6-7,14H,2-5H2,1H3,(H,12,13);4,10H,2H2,1H3,(H,6,7)(H,8,9);1-3H2,(H,4,5,6)/b26-25-;;;;;;/t;;;;6-,7+;4-;/m....10./s1. The minimum atomic E-state index is -3.80. The van der Waals surface area contributed by atoms with E-state index in [0.29, 0.717) is 71.4 Å². The van der Waals surface area contributed by atoms with Crippen LogP contribution in [0.15, 0.2) is 243 Å². The molecule has 1 saturated heterocycles. The number of thiol groups is 2. The lowest BCUT2D eigenvalue weighted by Gasteiger charge is -2.24. The number of fused-ring (bicyclic) bond motifs is 3. The topological polar surface area (TPSA) is 458 Å². The Morgan fingerprint density at radius 1 is 0.711 bits per heavy atom. The average molecular weight is 1900 g/mol. The lowest BCUT2D eigenvalue weighted by molar-refractivity contribution is -0.149. The van der Waals surface area contributed by atoms with Gasteiger partial charge in [0.05, 0.1) is 40.7 Å². The third-order valence-electron chi connectivity index (χ3n) is 21.6. The number of carbonyl (C=O) groups excluding carboxylic acids is 4. The van der Waals surface area contributed by atoms with Gasteiger partial charge < -0.3 is 65.7 Å². The van der Waals surface area contributed by atoms with Crippen LogP contribution < -0.4 is 31.0 Å². The van der Waals surface area contributed by atoms with Gasteiger partial charge >= 0.3 is 11.9 Å². The molecule has 0 spiro atoms. The second-order valence-electron chi connectivity index (χ2n) is 31.4. The SMILES string of the molecule is CC(=O)N[C@@H](CS)C(=O)O.CC/C(=C(\c1ccccc1)c1ccc(OCCN(C)C)cc1)c1ccccc1.CCCCc1nc(Cl)c(CO)n1Cc1ccc(-c2ccccc2-c2nn[nH]n2)cc1.C[C@H](CS)C(=O)N1CCC[C@H]1C(=O)O.NC(=O)c1ccc(-c2nc(-c3ccc4c(c3)OCO4)c(-c3ccccn3)[nH]2)cc1.NCCS(=O)(=O)O.O=C1c2ccccc2-c2n[nH]c3cccc1c23. The summed E-state index contributed by atoms with van der Waals surface area (Å²) in [6.07, 6.45) is 7.00. The number of carboxylic acid groups (broad SMARTS) is 2. The number of pyridine rings is 1. The van der Waals surface area contributed by atoms with Crippen LogP contribution in [-0.2, 0) is 48.9 Å². The van der Waals surface area contributed by atoms with Crippen LogP contribution in [0, 0.1) is 5.92 Å². The Hall–Kier alpha value is -14.0. The monoisotopic (exact) mass is 1900 g/mol. The summed E-state index contributed by atoms with van der Waals surface area (Å²) in [5, 5.41) is 52.2. The zero-order valence-corrected chi connectivity index (χ0v) is 78.6. The maximum atomic E-state index is 12.4. The molecule has 702 valence electrons. The number of ether oxygens (including phenoxy) is 3. The first-order valence-corrected chi connectivity index (χ1v) is 46.7. The first kappa shape index (κ1) is 102. The van der Waals surface area contributed by atoms with Gasteiger partial charge in [-0.2, -0.15) is 44.0 Å².